The summed E-state index contributed by atoms with van der Waals surface area (Å²) in [5, 5.41) is 6.94. The summed E-state index contributed by atoms with van der Waals surface area (Å²) in [6.45, 7) is 0. The van der Waals surface area contributed by atoms with E-state index in [1.165, 1.54) is 0 Å². The van der Waals surface area contributed by atoms with Gasteiger partial charge in [-0.3, -0.25) is 4.72 Å². The van der Waals surface area contributed by atoms with E-state index >= 15 is 0 Å². The van der Waals surface area contributed by atoms with Gasteiger partial charge in [0, 0.05) is 23.2 Å². The molecule has 0 aliphatic carbocycles. The van der Waals surface area contributed by atoms with Crippen molar-refractivity contribution in [2.45, 2.75) is 18.7 Å². The summed E-state index contributed by atoms with van der Waals surface area (Å²) in [4.78, 5) is 0. The number of fused-ring (bicyclic) bond motifs is 3. The lowest BCUT2D eigenvalue weighted by molar-refractivity contribution is -0.0190. The quantitative estimate of drug-likeness (QED) is 0.684. The van der Waals surface area contributed by atoms with Crippen LogP contribution < -0.4 is 9.46 Å². The monoisotopic (exact) mass is 419 g/mol. The number of sulfonamides is 1. The topological polar surface area (TPSA) is 71.0 Å². The molecule has 0 bridgehead atoms. The van der Waals surface area contributed by atoms with Crippen molar-refractivity contribution in [1.82, 2.24) is 5.01 Å². The average Bonchev–Trinajstić information content (AvgIpc) is 3.19. The van der Waals surface area contributed by atoms with E-state index in [0.29, 0.717) is 12.1 Å². The Labute approximate surface area is 175 Å². The molecule has 3 aromatic carbocycles. The fraction of sp³-hybridized carbons (Fsp3) is 0.174. The molecule has 3 aromatic rings. The SMILES string of the molecule is CS(=O)(=O)Nc1cccc(C2=NN3[C@@H](c4ccccc4)Oc4ccccc4[C@@H]3C2)c1. The molecule has 0 unspecified atom stereocenters. The largest absolute Gasteiger partial charge is 0.464 e. The first-order chi connectivity index (χ1) is 14.5. The third kappa shape index (κ3) is 3.52. The van der Waals surface area contributed by atoms with Crippen molar-refractivity contribution in [3.63, 3.8) is 0 Å². The minimum absolute atomic E-state index is 0.0571. The molecule has 0 amide bonds. The van der Waals surface area contributed by atoms with Crippen LogP contribution in [-0.4, -0.2) is 25.4 Å². The molecule has 5 rings (SSSR count). The highest BCUT2D eigenvalue weighted by atomic mass is 32.2. The second kappa shape index (κ2) is 7.18. The number of ether oxygens (including phenoxy) is 1. The van der Waals surface area contributed by atoms with E-state index in [-0.39, 0.29) is 12.3 Å². The zero-order valence-electron chi connectivity index (χ0n) is 16.4. The van der Waals surface area contributed by atoms with Gasteiger partial charge in [-0.1, -0.05) is 60.7 Å². The number of nitrogens with one attached hydrogen (secondary N) is 1. The van der Waals surface area contributed by atoms with Crippen molar-refractivity contribution in [2.75, 3.05) is 11.0 Å². The highest BCUT2D eigenvalue weighted by Crippen LogP contribution is 2.47. The Bertz CT molecular complexity index is 1230. The summed E-state index contributed by atoms with van der Waals surface area (Å²) in [6.07, 6.45) is 1.54. The molecule has 6 nitrogen and oxygen atoms in total. The summed E-state index contributed by atoms with van der Waals surface area (Å²) < 4.78 is 32.1. The molecule has 0 radical (unpaired) electrons. The van der Waals surface area contributed by atoms with E-state index in [2.05, 4.69) is 10.8 Å². The number of para-hydroxylation sites is 1. The average molecular weight is 420 g/mol. The van der Waals surface area contributed by atoms with Crippen molar-refractivity contribution in [2.24, 2.45) is 5.10 Å². The summed E-state index contributed by atoms with van der Waals surface area (Å²) in [5.41, 5.74) is 4.46. The van der Waals surface area contributed by atoms with E-state index in [1.807, 2.05) is 71.7 Å². The second-order valence-electron chi connectivity index (χ2n) is 7.52. The molecular formula is C23H21N3O3S. The minimum atomic E-state index is -3.34. The van der Waals surface area contributed by atoms with Crippen LogP contribution in [0.25, 0.3) is 0 Å². The van der Waals surface area contributed by atoms with E-state index in [4.69, 9.17) is 9.84 Å². The Morgan fingerprint density at radius 3 is 2.57 bits per heavy atom. The number of benzene rings is 3. The summed E-state index contributed by atoms with van der Waals surface area (Å²) in [6, 6.07) is 25.5. The van der Waals surface area contributed by atoms with Crippen LogP contribution in [0.5, 0.6) is 5.75 Å². The molecule has 2 heterocycles. The van der Waals surface area contributed by atoms with Gasteiger partial charge < -0.3 is 4.74 Å². The maximum atomic E-state index is 11.6. The van der Waals surface area contributed by atoms with Crippen LogP contribution in [0, 0.1) is 0 Å². The highest BCUT2D eigenvalue weighted by Gasteiger charge is 2.40. The molecule has 0 saturated heterocycles. The maximum absolute atomic E-state index is 11.6. The van der Waals surface area contributed by atoms with Gasteiger partial charge in [-0.15, -0.1) is 0 Å². The third-order valence-electron chi connectivity index (χ3n) is 5.28. The van der Waals surface area contributed by atoms with Crippen molar-refractivity contribution >= 4 is 21.4 Å². The molecular weight excluding hydrogens is 398 g/mol. The van der Waals surface area contributed by atoms with Gasteiger partial charge in [-0.25, -0.2) is 13.4 Å². The lowest BCUT2D eigenvalue weighted by Crippen LogP contribution is -2.33. The Morgan fingerprint density at radius 2 is 1.77 bits per heavy atom. The summed E-state index contributed by atoms with van der Waals surface area (Å²) >= 11 is 0. The smallest absolute Gasteiger partial charge is 0.229 e. The van der Waals surface area contributed by atoms with Gasteiger partial charge >= 0.3 is 0 Å². The van der Waals surface area contributed by atoms with Crippen LogP contribution >= 0.6 is 0 Å². The zero-order chi connectivity index (χ0) is 20.7. The zero-order valence-corrected chi connectivity index (χ0v) is 17.2. The van der Waals surface area contributed by atoms with Crippen LogP contribution in [0.1, 0.15) is 35.4 Å². The van der Waals surface area contributed by atoms with Crippen LogP contribution in [0.15, 0.2) is 84.0 Å². The highest BCUT2D eigenvalue weighted by molar-refractivity contribution is 7.92. The molecule has 152 valence electrons. The minimum Gasteiger partial charge on any atom is -0.464 e. The summed E-state index contributed by atoms with van der Waals surface area (Å²) in [5.74, 6) is 0.872. The first-order valence-electron chi connectivity index (χ1n) is 9.72. The number of hydrogen-bond acceptors (Lipinski definition) is 5. The van der Waals surface area contributed by atoms with Crippen molar-refractivity contribution in [1.29, 1.82) is 0 Å². The predicted molar refractivity (Wildman–Crippen MR) is 117 cm³/mol. The van der Waals surface area contributed by atoms with Gasteiger partial charge in [-0.2, -0.15) is 5.10 Å². The first-order valence-corrected chi connectivity index (χ1v) is 11.6. The van der Waals surface area contributed by atoms with Crippen LogP contribution in [0.4, 0.5) is 5.69 Å². The van der Waals surface area contributed by atoms with E-state index < -0.39 is 10.0 Å². The first kappa shape index (κ1) is 18.7. The Balaban J connectivity index is 1.54. The summed E-state index contributed by atoms with van der Waals surface area (Å²) in [7, 11) is -3.34. The van der Waals surface area contributed by atoms with Gasteiger partial charge in [0.15, 0.2) is 0 Å². The van der Waals surface area contributed by atoms with Gasteiger partial charge in [0.25, 0.3) is 0 Å². The van der Waals surface area contributed by atoms with Gasteiger partial charge in [0.1, 0.15) is 5.75 Å². The molecule has 0 saturated carbocycles. The molecule has 2 atom stereocenters. The number of nitrogens with zero attached hydrogens (tertiary/aromatic N) is 2. The predicted octanol–water partition coefficient (Wildman–Crippen LogP) is 4.30. The Morgan fingerprint density at radius 1 is 1.00 bits per heavy atom. The molecule has 1 N–H and O–H groups in total. The molecule has 2 aliphatic rings. The molecule has 0 aromatic heterocycles. The molecule has 0 spiro atoms. The number of hydrogen-bond donors (Lipinski definition) is 1. The molecule has 2 aliphatic heterocycles. The normalized spacial score (nSPS) is 20.0. The van der Waals surface area contributed by atoms with Gasteiger partial charge in [-0.05, 0) is 23.8 Å². The molecule has 7 heteroatoms. The van der Waals surface area contributed by atoms with Crippen molar-refractivity contribution < 1.29 is 13.2 Å². The number of hydrazone groups is 1. The van der Waals surface area contributed by atoms with Gasteiger partial charge in [0.2, 0.25) is 16.3 Å². The molecule has 0 fully saturated rings. The number of anilines is 1. The van der Waals surface area contributed by atoms with Crippen molar-refractivity contribution in [3.8, 4) is 5.75 Å². The molecule has 30 heavy (non-hydrogen) atoms. The van der Waals surface area contributed by atoms with E-state index in [1.54, 1.807) is 6.07 Å². The fourth-order valence-electron chi connectivity index (χ4n) is 4.02. The van der Waals surface area contributed by atoms with E-state index in [0.717, 1.165) is 34.4 Å². The van der Waals surface area contributed by atoms with Gasteiger partial charge in [0.05, 0.1) is 18.0 Å². The lowest BCUT2D eigenvalue weighted by atomic mass is 9.96. The third-order valence-corrected chi connectivity index (χ3v) is 5.89. The second-order valence-corrected chi connectivity index (χ2v) is 9.27. The Hall–Kier alpha value is -3.32. The number of rotatable bonds is 4. The standard InChI is InChI=1S/C23H21N3O3S/c1-30(27,28)25-18-11-7-10-17(14-18)20-15-21-19-12-5-6-13-22(19)29-23(26(21)24-20)16-8-3-2-4-9-16/h2-14,21,23,25H,15H2,1H3/t21-,23+/m0/s1. The fourth-order valence-corrected chi connectivity index (χ4v) is 4.58. The van der Waals surface area contributed by atoms with E-state index in [9.17, 15) is 8.42 Å². The van der Waals surface area contributed by atoms with Crippen molar-refractivity contribution in [3.05, 3.63) is 95.6 Å². The van der Waals surface area contributed by atoms with Crippen LogP contribution in [-0.2, 0) is 10.0 Å². The van der Waals surface area contributed by atoms with Crippen LogP contribution in [0.2, 0.25) is 0 Å². The maximum Gasteiger partial charge on any atom is 0.229 e. The Kier molecular flexibility index (Phi) is 4.47. The van der Waals surface area contributed by atoms with Crippen LogP contribution in [0.3, 0.4) is 0 Å². The lowest BCUT2D eigenvalue weighted by Gasteiger charge is -2.38.